The molecule has 17 heavy (non-hydrogen) atoms. The molecule has 0 atom stereocenters. The predicted molar refractivity (Wildman–Crippen MR) is 66.9 cm³/mol. The normalized spacial score (nSPS) is 10.3. The van der Waals surface area contributed by atoms with Crippen molar-refractivity contribution < 1.29 is 9.84 Å². The van der Waals surface area contributed by atoms with Crippen LogP contribution in [-0.4, -0.2) is 17.2 Å². The summed E-state index contributed by atoms with van der Waals surface area (Å²) in [6, 6.07) is 10.1. The third-order valence-electron chi connectivity index (χ3n) is 2.67. The first-order chi connectivity index (χ1) is 8.24. The summed E-state index contributed by atoms with van der Waals surface area (Å²) >= 11 is 0. The number of ether oxygens (including phenoxy) is 1. The molecule has 3 nitrogen and oxygen atoms in total. The van der Waals surface area contributed by atoms with E-state index < -0.39 is 0 Å². The van der Waals surface area contributed by atoms with Crippen molar-refractivity contribution >= 4 is 0 Å². The molecule has 3 heteroatoms. The summed E-state index contributed by atoms with van der Waals surface area (Å²) in [6.45, 7) is 1.98. The number of hydrogen-bond acceptors (Lipinski definition) is 3. The van der Waals surface area contributed by atoms with Crippen molar-refractivity contribution in [2.45, 2.75) is 13.5 Å². The molecule has 0 saturated carbocycles. The van der Waals surface area contributed by atoms with Crippen LogP contribution in [0.1, 0.15) is 11.1 Å². The van der Waals surface area contributed by atoms with E-state index in [4.69, 9.17) is 4.74 Å². The average Bonchev–Trinajstić information content (AvgIpc) is 2.39. The van der Waals surface area contributed by atoms with E-state index in [-0.39, 0.29) is 6.61 Å². The topological polar surface area (TPSA) is 42.4 Å². The summed E-state index contributed by atoms with van der Waals surface area (Å²) in [5.41, 5.74) is 3.98. The maximum absolute atomic E-state index is 9.25. The van der Waals surface area contributed by atoms with E-state index in [1.165, 1.54) is 5.56 Å². The highest BCUT2D eigenvalue weighted by Crippen LogP contribution is 2.24. The molecule has 1 N–H and O–H groups in total. The maximum atomic E-state index is 9.25. The van der Waals surface area contributed by atoms with Crippen LogP contribution < -0.4 is 4.74 Å². The number of aliphatic hydroxyl groups excluding tert-OH is 1. The second-order valence-corrected chi connectivity index (χ2v) is 3.92. The fourth-order valence-corrected chi connectivity index (χ4v) is 1.70. The minimum Gasteiger partial charge on any atom is -0.481 e. The van der Waals surface area contributed by atoms with E-state index >= 15 is 0 Å². The van der Waals surface area contributed by atoms with E-state index in [1.54, 1.807) is 13.3 Å². The molecule has 0 saturated heterocycles. The first kappa shape index (κ1) is 11.6. The van der Waals surface area contributed by atoms with E-state index in [2.05, 4.69) is 24.0 Å². The molecule has 88 valence electrons. The van der Waals surface area contributed by atoms with Crippen LogP contribution in [0.15, 0.2) is 36.5 Å². The zero-order valence-corrected chi connectivity index (χ0v) is 9.97. The summed E-state index contributed by atoms with van der Waals surface area (Å²) in [6.07, 6.45) is 1.75. The maximum Gasteiger partial charge on any atom is 0.218 e. The van der Waals surface area contributed by atoms with Crippen LogP contribution in [-0.2, 0) is 6.61 Å². The summed E-state index contributed by atoms with van der Waals surface area (Å²) < 4.78 is 5.08. The van der Waals surface area contributed by atoms with Gasteiger partial charge >= 0.3 is 0 Å². The number of pyridine rings is 1. The van der Waals surface area contributed by atoms with Crippen LogP contribution in [0.4, 0.5) is 0 Å². The number of hydrogen-bond donors (Lipinski definition) is 1. The van der Waals surface area contributed by atoms with Gasteiger partial charge in [-0.15, -0.1) is 0 Å². The molecular formula is C14H15NO2. The summed E-state index contributed by atoms with van der Waals surface area (Å²) in [4.78, 5) is 4.18. The van der Waals surface area contributed by atoms with E-state index in [1.807, 2.05) is 18.2 Å². The molecule has 0 spiro atoms. The Labute approximate surface area is 101 Å². The van der Waals surface area contributed by atoms with Crippen LogP contribution in [0.25, 0.3) is 11.1 Å². The van der Waals surface area contributed by atoms with Crippen molar-refractivity contribution in [3.05, 3.63) is 47.7 Å². The standard InChI is InChI=1S/C14H15NO2/c1-10-3-5-11(6-4-10)12-7-13(9-16)14(17-2)15-8-12/h3-8,16H,9H2,1-2H3. The number of aromatic nitrogens is 1. The Morgan fingerprint density at radius 3 is 2.47 bits per heavy atom. The molecule has 0 radical (unpaired) electrons. The lowest BCUT2D eigenvalue weighted by Crippen LogP contribution is -1.95. The molecule has 1 aromatic heterocycles. The number of benzene rings is 1. The van der Waals surface area contributed by atoms with E-state index in [0.717, 1.165) is 11.1 Å². The van der Waals surface area contributed by atoms with E-state index in [0.29, 0.717) is 11.4 Å². The van der Waals surface area contributed by atoms with Crippen molar-refractivity contribution in [3.63, 3.8) is 0 Å². The molecule has 0 aliphatic carbocycles. The lowest BCUT2D eigenvalue weighted by molar-refractivity contribution is 0.271. The molecule has 2 rings (SSSR count). The zero-order chi connectivity index (χ0) is 12.3. The number of rotatable bonds is 3. The molecule has 0 unspecified atom stereocenters. The molecule has 2 aromatic rings. The molecule has 0 fully saturated rings. The Morgan fingerprint density at radius 1 is 1.18 bits per heavy atom. The SMILES string of the molecule is COc1ncc(-c2ccc(C)cc2)cc1CO. The van der Waals surface area contributed by atoms with Crippen LogP contribution in [0.2, 0.25) is 0 Å². The molecular weight excluding hydrogens is 214 g/mol. The number of aryl methyl sites for hydroxylation is 1. The van der Waals surface area contributed by atoms with Gasteiger partial charge in [-0.3, -0.25) is 0 Å². The van der Waals surface area contributed by atoms with Crippen LogP contribution in [0, 0.1) is 6.92 Å². The van der Waals surface area contributed by atoms with Crippen LogP contribution in [0.3, 0.4) is 0 Å². The largest absolute Gasteiger partial charge is 0.481 e. The number of aliphatic hydroxyl groups is 1. The van der Waals surface area contributed by atoms with Crippen molar-refractivity contribution in [2.75, 3.05) is 7.11 Å². The van der Waals surface area contributed by atoms with Gasteiger partial charge in [0.15, 0.2) is 0 Å². The summed E-state index contributed by atoms with van der Waals surface area (Å²) in [5, 5.41) is 9.25. The molecule has 0 bridgehead atoms. The van der Waals surface area contributed by atoms with Crippen molar-refractivity contribution in [2.24, 2.45) is 0 Å². The third-order valence-corrected chi connectivity index (χ3v) is 2.67. The predicted octanol–water partition coefficient (Wildman–Crippen LogP) is 2.56. The molecule has 0 aliphatic rings. The smallest absolute Gasteiger partial charge is 0.218 e. The Balaban J connectivity index is 2.42. The zero-order valence-electron chi connectivity index (χ0n) is 9.97. The van der Waals surface area contributed by atoms with Gasteiger partial charge in [0.1, 0.15) is 0 Å². The number of methoxy groups -OCH3 is 1. The van der Waals surface area contributed by atoms with Gasteiger partial charge in [0.05, 0.1) is 13.7 Å². The van der Waals surface area contributed by atoms with Gasteiger partial charge < -0.3 is 9.84 Å². The first-order valence-corrected chi connectivity index (χ1v) is 5.45. The molecule has 1 aromatic carbocycles. The Morgan fingerprint density at radius 2 is 1.88 bits per heavy atom. The molecule has 0 amide bonds. The average molecular weight is 229 g/mol. The van der Waals surface area contributed by atoms with Gasteiger partial charge in [0.25, 0.3) is 0 Å². The first-order valence-electron chi connectivity index (χ1n) is 5.45. The lowest BCUT2D eigenvalue weighted by Gasteiger charge is -2.08. The van der Waals surface area contributed by atoms with Gasteiger partial charge in [-0.1, -0.05) is 29.8 Å². The second-order valence-electron chi connectivity index (χ2n) is 3.92. The molecule has 1 heterocycles. The summed E-state index contributed by atoms with van der Waals surface area (Å²) in [7, 11) is 1.55. The highest BCUT2D eigenvalue weighted by molar-refractivity contribution is 5.64. The van der Waals surface area contributed by atoms with Crippen molar-refractivity contribution in [3.8, 4) is 17.0 Å². The minimum atomic E-state index is -0.0735. The Hall–Kier alpha value is -1.87. The number of nitrogens with zero attached hydrogens (tertiary/aromatic N) is 1. The van der Waals surface area contributed by atoms with Crippen LogP contribution >= 0.6 is 0 Å². The lowest BCUT2D eigenvalue weighted by atomic mass is 10.0. The Kier molecular flexibility index (Phi) is 3.40. The van der Waals surface area contributed by atoms with E-state index in [9.17, 15) is 5.11 Å². The highest BCUT2D eigenvalue weighted by Gasteiger charge is 2.06. The van der Waals surface area contributed by atoms with Crippen molar-refractivity contribution in [1.82, 2.24) is 4.98 Å². The fourth-order valence-electron chi connectivity index (χ4n) is 1.70. The fraction of sp³-hybridized carbons (Fsp3) is 0.214. The van der Waals surface area contributed by atoms with Gasteiger partial charge in [-0.2, -0.15) is 0 Å². The van der Waals surface area contributed by atoms with Crippen LogP contribution in [0.5, 0.6) is 5.88 Å². The monoisotopic (exact) mass is 229 g/mol. The van der Waals surface area contributed by atoms with Gasteiger partial charge in [0.2, 0.25) is 5.88 Å². The Bertz CT molecular complexity index is 506. The third kappa shape index (κ3) is 2.45. The quantitative estimate of drug-likeness (QED) is 0.879. The van der Waals surface area contributed by atoms with Crippen molar-refractivity contribution in [1.29, 1.82) is 0 Å². The highest BCUT2D eigenvalue weighted by atomic mass is 16.5. The van der Waals surface area contributed by atoms with Gasteiger partial charge in [0, 0.05) is 17.3 Å². The van der Waals surface area contributed by atoms with Gasteiger partial charge in [-0.05, 0) is 18.6 Å². The second kappa shape index (κ2) is 4.97. The summed E-state index contributed by atoms with van der Waals surface area (Å²) in [5.74, 6) is 0.475. The minimum absolute atomic E-state index is 0.0735. The van der Waals surface area contributed by atoms with Gasteiger partial charge in [-0.25, -0.2) is 4.98 Å². The molecule has 0 aliphatic heterocycles.